The van der Waals surface area contributed by atoms with Crippen molar-refractivity contribution in [3.05, 3.63) is 29.8 Å². The third-order valence-electron chi connectivity index (χ3n) is 1.61. The van der Waals surface area contributed by atoms with Crippen LogP contribution in [0.25, 0.3) is 0 Å². The van der Waals surface area contributed by atoms with Crippen LogP contribution in [0.2, 0.25) is 0 Å². The molecular weight excluding hydrogens is 178 g/mol. The average Bonchev–Trinajstić information content (AvgIpc) is 2.02. The smallest absolute Gasteiger partial charge is 0.371 e. The van der Waals surface area contributed by atoms with Crippen LogP contribution in [0.15, 0.2) is 24.3 Å². The van der Waals surface area contributed by atoms with E-state index in [1.165, 1.54) is 0 Å². The van der Waals surface area contributed by atoms with E-state index in [0.717, 1.165) is 5.56 Å². The Morgan fingerprint density at radius 1 is 1.33 bits per heavy atom. The van der Waals surface area contributed by atoms with Crippen molar-refractivity contribution >= 4 is 10.3 Å². The monoisotopic (exact) mass is 185 g/mol. The van der Waals surface area contributed by atoms with Gasteiger partial charge in [0.15, 0.2) is 0 Å². The van der Waals surface area contributed by atoms with Gasteiger partial charge in [-0.1, -0.05) is 18.2 Å². The molecule has 64 valence electrons. The minimum absolute atomic E-state index is 0.304. The van der Waals surface area contributed by atoms with Gasteiger partial charge in [-0.3, -0.25) is 0 Å². The van der Waals surface area contributed by atoms with Gasteiger partial charge in [-0.2, -0.15) is 13.1 Å². The topological polar surface area (TPSA) is 55.4 Å². The predicted molar refractivity (Wildman–Crippen MR) is 42.8 cm³/mol. The summed E-state index contributed by atoms with van der Waals surface area (Å²) in [5, 5.41) is 0. The van der Waals surface area contributed by atoms with E-state index >= 15 is 0 Å². The SMILES string of the molecule is O=S1(=O)NCc2ccccc2O1. The summed E-state index contributed by atoms with van der Waals surface area (Å²) in [4.78, 5) is 0. The number of hydrogen-bond donors (Lipinski definition) is 1. The molecular formula is C7H7NO3S. The number of rotatable bonds is 0. The molecule has 0 unspecified atom stereocenters. The molecule has 1 heterocycles. The van der Waals surface area contributed by atoms with E-state index in [0.29, 0.717) is 12.3 Å². The summed E-state index contributed by atoms with van der Waals surface area (Å²) in [6, 6.07) is 7.02. The Bertz CT molecular complexity index is 399. The summed E-state index contributed by atoms with van der Waals surface area (Å²) in [5.41, 5.74) is 0.854. The minimum Gasteiger partial charge on any atom is -0.371 e. The van der Waals surface area contributed by atoms with Crippen LogP contribution in [0.5, 0.6) is 5.75 Å². The van der Waals surface area contributed by atoms with Crippen molar-refractivity contribution in [3.63, 3.8) is 0 Å². The summed E-state index contributed by atoms with van der Waals surface area (Å²) in [6.45, 7) is 0.304. The average molecular weight is 185 g/mol. The summed E-state index contributed by atoms with van der Waals surface area (Å²) in [7, 11) is -3.55. The molecule has 0 saturated heterocycles. The van der Waals surface area contributed by atoms with Crippen molar-refractivity contribution < 1.29 is 12.6 Å². The number of hydrogen-bond acceptors (Lipinski definition) is 3. The molecule has 2 rings (SSSR count). The van der Waals surface area contributed by atoms with Crippen LogP contribution < -0.4 is 8.91 Å². The molecule has 5 heteroatoms. The lowest BCUT2D eigenvalue weighted by Gasteiger charge is -2.16. The van der Waals surface area contributed by atoms with E-state index in [1.807, 2.05) is 12.1 Å². The van der Waals surface area contributed by atoms with Gasteiger partial charge in [0.2, 0.25) is 0 Å². The molecule has 0 fully saturated rings. The molecule has 1 aromatic rings. The van der Waals surface area contributed by atoms with Gasteiger partial charge in [0.1, 0.15) is 5.75 Å². The number of nitrogens with one attached hydrogen (secondary N) is 1. The maximum atomic E-state index is 10.9. The molecule has 0 bridgehead atoms. The maximum absolute atomic E-state index is 10.9. The lowest BCUT2D eigenvalue weighted by atomic mass is 10.2. The zero-order chi connectivity index (χ0) is 8.60. The Kier molecular flexibility index (Phi) is 1.55. The summed E-state index contributed by atoms with van der Waals surface area (Å²) in [6.07, 6.45) is 0. The lowest BCUT2D eigenvalue weighted by Crippen LogP contribution is -2.32. The Hall–Kier alpha value is -1.07. The first kappa shape index (κ1) is 7.57. The Morgan fingerprint density at radius 3 is 2.92 bits per heavy atom. The molecule has 1 aliphatic heterocycles. The zero-order valence-electron chi connectivity index (χ0n) is 6.15. The van der Waals surface area contributed by atoms with Gasteiger partial charge in [0.25, 0.3) is 0 Å². The van der Waals surface area contributed by atoms with Crippen molar-refractivity contribution in [2.45, 2.75) is 6.54 Å². The van der Waals surface area contributed by atoms with E-state index in [2.05, 4.69) is 8.91 Å². The molecule has 1 aliphatic rings. The second-order valence-corrected chi connectivity index (χ2v) is 3.83. The minimum atomic E-state index is -3.55. The standard InChI is InChI=1S/C7H7NO3S/c9-12(10)8-5-6-3-1-2-4-7(6)11-12/h1-4,8H,5H2. The van der Waals surface area contributed by atoms with E-state index < -0.39 is 10.3 Å². The molecule has 1 N–H and O–H groups in total. The van der Waals surface area contributed by atoms with Gasteiger partial charge >= 0.3 is 10.3 Å². The van der Waals surface area contributed by atoms with Crippen LogP contribution in [0.1, 0.15) is 5.56 Å². The lowest BCUT2D eigenvalue weighted by molar-refractivity contribution is 0.453. The normalized spacial score (nSPS) is 19.3. The fourth-order valence-electron chi connectivity index (χ4n) is 1.04. The molecule has 0 atom stereocenters. The van der Waals surface area contributed by atoms with Crippen molar-refractivity contribution in [2.24, 2.45) is 0 Å². The van der Waals surface area contributed by atoms with Crippen LogP contribution in [0, 0.1) is 0 Å². The highest BCUT2D eigenvalue weighted by Crippen LogP contribution is 2.22. The maximum Gasteiger partial charge on any atom is 0.382 e. The van der Waals surface area contributed by atoms with Crippen molar-refractivity contribution in [1.29, 1.82) is 0 Å². The van der Waals surface area contributed by atoms with Gasteiger partial charge in [-0.15, -0.1) is 0 Å². The third kappa shape index (κ3) is 1.28. The van der Waals surface area contributed by atoms with Crippen molar-refractivity contribution in [1.82, 2.24) is 4.72 Å². The molecule has 0 amide bonds. The highest BCUT2D eigenvalue weighted by molar-refractivity contribution is 7.85. The fraction of sp³-hybridized carbons (Fsp3) is 0.143. The van der Waals surface area contributed by atoms with Gasteiger partial charge < -0.3 is 4.18 Å². The largest absolute Gasteiger partial charge is 0.382 e. The van der Waals surface area contributed by atoms with Crippen LogP contribution in [0.3, 0.4) is 0 Å². The van der Waals surface area contributed by atoms with Gasteiger partial charge in [0, 0.05) is 12.1 Å². The van der Waals surface area contributed by atoms with E-state index in [4.69, 9.17) is 0 Å². The van der Waals surface area contributed by atoms with E-state index in [9.17, 15) is 8.42 Å². The molecule has 0 spiro atoms. The number of para-hydroxylation sites is 1. The summed E-state index contributed by atoms with van der Waals surface area (Å²) >= 11 is 0. The molecule has 1 aromatic carbocycles. The molecule has 12 heavy (non-hydrogen) atoms. The van der Waals surface area contributed by atoms with Crippen molar-refractivity contribution in [3.8, 4) is 5.75 Å². The Labute approximate surface area is 70.4 Å². The van der Waals surface area contributed by atoms with Crippen molar-refractivity contribution in [2.75, 3.05) is 0 Å². The van der Waals surface area contributed by atoms with Gasteiger partial charge in [0.05, 0.1) is 0 Å². The van der Waals surface area contributed by atoms with Gasteiger partial charge in [-0.05, 0) is 6.07 Å². The zero-order valence-corrected chi connectivity index (χ0v) is 6.97. The summed E-state index contributed by atoms with van der Waals surface area (Å²) in [5.74, 6) is 0.413. The molecule has 0 radical (unpaired) electrons. The van der Waals surface area contributed by atoms with Crippen LogP contribution >= 0.6 is 0 Å². The molecule has 0 aromatic heterocycles. The first-order chi connectivity index (χ1) is 5.67. The molecule has 4 nitrogen and oxygen atoms in total. The van der Waals surface area contributed by atoms with E-state index in [-0.39, 0.29) is 0 Å². The Morgan fingerprint density at radius 2 is 2.08 bits per heavy atom. The second-order valence-electron chi connectivity index (χ2n) is 2.47. The molecule has 0 saturated carbocycles. The quantitative estimate of drug-likeness (QED) is 0.637. The highest BCUT2D eigenvalue weighted by atomic mass is 32.2. The first-order valence-corrected chi connectivity index (χ1v) is 4.85. The van der Waals surface area contributed by atoms with Crippen LogP contribution in [-0.2, 0) is 16.8 Å². The fourth-order valence-corrected chi connectivity index (χ4v) is 1.84. The van der Waals surface area contributed by atoms with E-state index in [1.54, 1.807) is 12.1 Å². The second kappa shape index (κ2) is 2.46. The molecule has 0 aliphatic carbocycles. The number of benzene rings is 1. The van der Waals surface area contributed by atoms with Gasteiger partial charge in [-0.25, -0.2) is 0 Å². The highest BCUT2D eigenvalue weighted by Gasteiger charge is 2.20. The predicted octanol–water partition coefficient (Wildman–Crippen LogP) is 0.413. The third-order valence-corrected chi connectivity index (χ3v) is 2.51. The summed E-state index contributed by atoms with van der Waals surface area (Å²) < 4.78 is 28.7. The van der Waals surface area contributed by atoms with Crippen LogP contribution in [0.4, 0.5) is 0 Å². The number of fused-ring (bicyclic) bond motifs is 1. The van der Waals surface area contributed by atoms with Crippen LogP contribution in [-0.4, -0.2) is 8.42 Å². The first-order valence-electron chi connectivity index (χ1n) is 3.44. The Balaban J connectivity index is 2.48.